The van der Waals surface area contributed by atoms with Crippen molar-refractivity contribution in [3.63, 3.8) is 0 Å². The second kappa shape index (κ2) is 12.7. The van der Waals surface area contributed by atoms with Gasteiger partial charge in [-0.05, 0) is 68.5 Å². The van der Waals surface area contributed by atoms with Gasteiger partial charge in [-0.15, -0.1) is 0 Å². The molecule has 0 amide bonds. The van der Waals surface area contributed by atoms with Crippen molar-refractivity contribution in [3.05, 3.63) is 76.1 Å². The van der Waals surface area contributed by atoms with E-state index in [2.05, 4.69) is 4.90 Å². The van der Waals surface area contributed by atoms with Crippen LogP contribution >= 0.6 is 0 Å². The molecule has 0 atom stereocenters. The molecule has 208 valence electrons. The average Bonchev–Trinajstić information content (AvgIpc) is 3.43. The topological polar surface area (TPSA) is 83.5 Å². The molecular formula is C31H37NO7. The van der Waals surface area contributed by atoms with E-state index in [1.807, 2.05) is 56.3 Å². The molecule has 4 rings (SSSR count). The summed E-state index contributed by atoms with van der Waals surface area (Å²) in [6, 6.07) is 13.4. The van der Waals surface area contributed by atoms with Crippen LogP contribution in [-0.4, -0.2) is 50.5 Å². The van der Waals surface area contributed by atoms with Crippen molar-refractivity contribution in [2.24, 2.45) is 0 Å². The second-order valence-corrected chi connectivity index (χ2v) is 9.17. The zero-order chi connectivity index (χ0) is 27.9. The Balaban J connectivity index is 1.86. The lowest BCUT2D eigenvalue weighted by Crippen LogP contribution is -2.37. The van der Waals surface area contributed by atoms with Gasteiger partial charge in [0.2, 0.25) is 6.79 Å². The third kappa shape index (κ3) is 5.75. The van der Waals surface area contributed by atoms with Gasteiger partial charge in [-0.3, -0.25) is 0 Å². The molecule has 2 heterocycles. The molecule has 0 N–H and O–H groups in total. The van der Waals surface area contributed by atoms with Gasteiger partial charge in [0, 0.05) is 17.9 Å². The second-order valence-electron chi connectivity index (χ2n) is 9.17. The molecule has 2 aromatic carbocycles. The minimum absolute atomic E-state index is 0.216. The maximum Gasteiger partial charge on any atom is 0.336 e. The van der Waals surface area contributed by atoms with Gasteiger partial charge in [0.25, 0.3) is 0 Å². The first-order valence-electron chi connectivity index (χ1n) is 13.6. The first-order chi connectivity index (χ1) is 19.0. The molecule has 2 aromatic rings. The van der Waals surface area contributed by atoms with Crippen molar-refractivity contribution in [1.82, 2.24) is 4.90 Å². The van der Waals surface area contributed by atoms with Gasteiger partial charge in [0.1, 0.15) is 5.75 Å². The zero-order valence-electron chi connectivity index (χ0n) is 23.4. The van der Waals surface area contributed by atoms with Crippen LogP contribution in [0, 0.1) is 0 Å². The molecule has 8 nitrogen and oxygen atoms in total. The molecule has 0 fully saturated rings. The number of rotatable bonds is 11. The van der Waals surface area contributed by atoms with E-state index in [9.17, 15) is 9.59 Å². The number of methoxy groups -OCH3 is 1. The van der Waals surface area contributed by atoms with E-state index < -0.39 is 17.9 Å². The normalized spacial score (nSPS) is 15.1. The maximum absolute atomic E-state index is 13.6. The van der Waals surface area contributed by atoms with Gasteiger partial charge in [-0.2, -0.15) is 0 Å². The molecule has 0 bridgehead atoms. The summed E-state index contributed by atoms with van der Waals surface area (Å²) in [5, 5.41) is 0. The van der Waals surface area contributed by atoms with Crippen molar-refractivity contribution in [1.29, 1.82) is 0 Å². The van der Waals surface area contributed by atoms with Gasteiger partial charge >= 0.3 is 11.9 Å². The fourth-order valence-electron chi connectivity index (χ4n) is 5.34. The number of fused-ring (bicyclic) bond motifs is 1. The molecule has 0 spiro atoms. The van der Waals surface area contributed by atoms with E-state index in [-0.39, 0.29) is 20.0 Å². The Hall–Kier alpha value is -3.94. The number of carbonyl (C=O) groups is 2. The van der Waals surface area contributed by atoms with Crippen molar-refractivity contribution < 1.29 is 33.3 Å². The average molecular weight is 536 g/mol. The lowest BCUT2D eigenvalue weighted by molar-refractivity contribution is -0.139. The number of hydrogen-bond donors (Lipinski definition) is 0. The van der Waals surface area contributed by atoms with Crippen molar-refractivity contribution in [3.8, 4) is 17.2 Å². The smallest absolute Gasteiger partial charge is 0.336 e. The first-order valence-corrected chi connectivity index (χ1v) is 13.6. The van der Waals surface area contributed by atoms with Crippen LogP contribution < -0.4 is 14.2 Å². The van der Waals surface area contributed by atoms with Crippen molar-refractivity contribution in [2.75, 3.05) is 33.7 Å². The Kier molecular flexibility index (Phi) is 9.17. The van der Waals surface area contributed by atoms with E-state index in [1.165, 1.54) is 0 Å². The lowest BCUT2D eigenvalue weighted by atomic mass is 9.78. The first kappa shape index (κ1) is 28.1. The third-order valence-corrected chi connectivity index (χ3v) is 7.00. The summed E-state index contributed by atoms with van der Waals surface area (Å²) < 4.78 is 27.7. The van der Waals surface area contributed by atoms with Crippen LogP contribution in [0.25, 0.3) is 0 Å². The number of ether oxygens (including phenoxy) is 5. The molecule has 0 unspecified atom stereocenters. The molecular weight excluding hydrogens is 498 g/mol. The van der Waals surface area contributed by atoms with Crippen LogP contribution in [0.3, 0.4) is 0 Å². The SMILES string of the molecule is CCOC(=O)C1=C(CC)N(CCc2ccc3c(c2)OCO3)C(CC)=C(C(=O)OCC)C1c1cccc(OC)c1. The molecule has 0 saturated heterocycles. The molecule has 0 saturated carbocycles. The number of nitrogens with zero attached hydrogens (tertiary/aromatic N) is 1. The molecule has 2 aliphatic rings. The van der Waals surface area contributed by atoms with Gasteiger partial charge in [0.15, 0.2) is 11.5 Å². The summed E-state index contributed by atoms with van der Waals surface area (Å²) in [5.41, 5.74) is 4.43. The summed E-state index contributed by atoms with van der Waals surface area (Å²) in [6.45, 7) is 8.83. The summed E-state index contributed by atoms with van der Waals surface area (Å²) in [5.74, 6) is 0.570. The number of esters is 2. The minimum atomic E-state index is -0.648. The van der Waals surface area contributed by atoms with Crippen LogP contribution in [-0.2, 0) is 25.5 Å². The Morgan fingerprint density at radius 3 is 2.10 bits per heavy atom. The van der Waals surface area contributed by atoms with Crippen LogP contribution in [0.15, 0.2) is 65.0 Å². The highest BCUT2D eigenvalue weighted by Gasteiger charge is 2.42. The van der Waals surface area contributed by atoms with Gasteiger partial charge in [-0.1, -0.05) is 32.0 Å². The van der Waals surface area contributed by atoms with Crippen LogP contribution in [0.2, 0.25) is 0 Å². The van der Waals surface area contributed by atoms with E-state index in [0.717, 1.165) is 34.0 Å². The zero-order valence-corrected chi connectivity index (χ0v) is 23.4. The Bertz CT molecular complexity index is 1240. The quantitative estimate of drug-likeness (QED) is 0.348. The van der Waals surface area contributed by atoms with E-state index in [4.69, 9.17) is 23.7 Å². The number of benzene rings is 2. The van der Waals surface area contributed by atoms with E-state index in [1.54, 1.807) is 21.0 Å². The fourth-order valence-corrected chi connectivity index (χ4v) is 5.34. The largest absolute Gasteiger partial charge is 0.497 e. The van der Waals surface area contributed by atoms with E-state index in [0.29, 0.717) is 42.7 Å². The summed E-state index contributed by atoms with van der Waals surface area (Å²) in [6.07, 6.45) is 1.82. The summed E-state index contributed by atoms with van der Waals surface area (Å²) >= 11 is 0. The highest BCUT2D eigenvalue weighted by atomic mass is 16.7. The molecule has 8 heteroatoms. The molecule has 0 aromatic heterocycles. The standard InChI is InChI=1S/C31H37NO7/c1-6-23-28(30(33)36-8-3)27(21-11-10-12-22(18-21)35-5)29(31(34)37-9-4)24(7-2)32(23)16-15-20-13-14-25-26(17-20)39-19-38-25/h10-14,17-18,27H,6-9,15-16,19H2,1-5H3. The summed E-state index contributed by atoms with van der Waals surface area (Å²) in [4.78, 5) is 29.4. The Morgan fingerprint density at radius 2 is 1.51 bits per heavy atom. The predicted octanol–water partition coefficient (Wildman–Crippen LogP) is 5.52. The lowest BCUT2D eigenvalue weighted by Gasteiger charge is -2.40. The van der Waals surface area contributed by atoms with Crippen LogP contribution in [0.5, 0.6) is 17.2 Å². The number of allylic oxidation sites excluding steroid dienone is 2. The van der Waals surface area contributed by atoms with E-state index >= 15 is 0 Å². The molecule has 39 heavy (non-hydrogen) atoms. The van der Waals surface area contributed by atoms with Crippen molar-refractivity contribution in [2.45, 2.75) is 52.9 Å². The highest BCUT2D eigenvalue weighted by Crippen LogP contribution is 2.45. The maximum atomic E-state index is 13.6. The Labute approximate surface area is 230 Å². The monoisotopic (exact) mass is 535 g/mol. The number of hydrogen-bond acceptors (Lipinski definition) is 8. The molecule has 0 aliphatic carbocycles. The highest BCUT2D eigenvalue weighted by molar-refractivity contribution is 6.00. The number of carbonyl (C=O) groups excluding carboxylic acids is 2. The third-order valence-electron chi connectivity index (χ3n) is 7.00. The van der Waals surface area contributed by atoms with Gasteiger partial charge in [0.05, 0.1) is 37.4 Å². The summed E-state index contributed by atoms with van der Waals surface area (Å²) in [7, 11) is 1.59. The van der Waals surface area contributed by atoms with Crippen LogP contribution in [0.1, 0.15) is 57.6 Å². The van der Waals surface area contributed by atoms with Gasteiger partial charge in [-0.25, -0.2) is 9.59 Å². The minimum Gasteiger partial charge on any atom is -0.497 e. The Morgan fingerprint density at radius 1 is 0.872 bits per heavy atom. The van der Waals surface area contributed by atoms with Crippen LogP contribution in [0.4, 0.5) is 0 Å². The van der Waals surface area contributed by atoms with Crippen molar-refractivity contribution >= 4 is 11.9 Å². The fraction of sp³-hybridized carbons (Fsp3) is 0.419. The molecule has 2 aliphatic heterocycles. The molecule has 0 radical (unpaired) electrons. The van der Waals surface area contributed by atoms with Gasteiger partial charge < -0.3 is 28.6 Å². The predicted molar refractivity (Wildman–Crippen MR) is 147 cm³/mol.